The number of pyridine rings is 1. The summed E-state index contributed by atoms with van der Waals surface area (Å²) >= 11 is 0. The van der Waals surface area contributed by atoms with Gasteiger partial charge in [-0.3, -0.25) is 9.13 Å². The van der Waals surface area contributed by atoms with Gasteiger partial charge in [0.15, 0.2) is 5.65 Å². The molecule has 6 aromatic carbocycles. The molecule has 0 radical (unpaired) electrons. The fourth-order valence-corrected chi connectivity index (χ4v) is 8.91. The number of hydrogen-bond donors (Lipinski definition) is 0. The number of benzene rings is 6. The number of fused-ring (bicyclic) bond motifs is 4. The van der Waals surface area contributed by atoms with Crippen LogP contribution in [0.1, 0.15) is 101 Å². The van der Waals surface area contributed by atoms with E-state index >= 15 is 0 Å². The normalized spacial score (nSPS) is 12.4. The molecule has 0 aliphatic heterocycles. The second-order valence-electron chi connectivity index (χ2n) is 17.1. The summed E-state index contributed by atoms with van der Waals surface area (Å²) < 4.78 is 6.98. The van der Waals surface area contributed by atoms with E-state index in [1.54, 1.807) is 0 Å². The fraction of sp³-hybridized carbons (Fsp3) is 0.222. The third-order valence-corrected chi connectivity index (χ3v) is 11.9. The van der Waals surface area contributed by atoms with E-state index < -0.39 is 0 Å². The molecule has 0 spiro atoms. The second kappa shape index (κ2) is 15.4. The molecule has 0 fully saturated rings. The molecule has 3 heterocycles. The van der Waals surface area contributed by atoms with Crippen molar-refractivity contribution in [3.63, 3.8) is 0 Å². The van der Waals surface area contributed by atoms with Crippen LogP contribution in [0.5, 0.6) is 0 Å². The van der Waals surface area contributed by atoms with Crippen LogP contribution in [0.15, 0.2) is 157 Å². The van der Waals surface area contributed by atoms with Gasteiger partial charge in [0.2, 0.25) is 5.62 Å². The summed E-state index contributed by atoms with van der Waals surface area (Å²) in [4.78, 5) is 5.23. The molecule has 0 aliphatic carbocycles. The van der Waals surface area contributed by atoms with E-state index in [4.69, 9.17) is 10.1 Å². The average Bonchev–Trinajstić information content (AvgIpc) is 3.74. The molecular formula is C54H53N5. The van der Waals surface area contributed by atoms with Crippen molar-refractivity contribution in [3.05, 3.63) is 180 Å². The third kappa shape index (κ3) is 6.59. The van der Waals surface area contributed by atoms with Crippen molar-refractivity contribution in [1.29, 1.82) is 0 Å². The molecule has 0 N–H and O–H groups in total. The highest BCUT2D eigenvalue weighted by Gasteiger charge is 2.27. The zero-order valence-electron chi connectivity index (χ0n) is 35.5. The lowest BCUT2D eigenvalue weighted by Crippen LogP contribution is -2.29. The van der Waals surface area contributed by atoms with Crippen molar-refractivity contribution < 1.29 is 0 Å². The minimum absolute atomic E-state index is 0.265. The van der Waals surface area contributed by atoms with Crippen molar-refractivity contribution >= 4 is 33.0 Å². The smallest absolute Gasteiger partial charge is 0.239 e. The number of nitrogens with zero attached hydrogens (tertiary/aromatic N) is 5. The van der Waals surface area contributed by atoms with E-state index in [9.17, 15) is 0 Å². The second-order valence-corrected chi connectivity index (χ2v) is 17.1. The summed E-state index contributed by atoms with van der Waals surface area (Å²) in [7, 11) is 0. The highest BCUT2D eigenvalue weighted by atomic mass is 15.4. The predicted molar refractivity (Wildman–Crippen MR) is 248 cm³/mol. The minimum Gasteiger partial charge on any atom is -0.275 e. The number of rotatable bonds is 9. The van der Waals surface area contributed by atoms with Crippen LogP contribution in [0.2, 0.25) is 0 Å². The van der Waals surface area contributed by atoms with Gasteiger partial charge in [-0.2, -0.15) is 0 Å². The number of imidazole rings is 1. The summed E-state index contributed by atoms with van der Waals surface area (Å²) in [6.07, 6.45) is 1.92. The Labute approximate surface area is 347 Å². The summed E-state index contributed by atoms with van der Waals surface area (Å²) in [6, 6.07) is 52.9. The van der Waals surface area contributed by atoms with Gasteiger partial charge in [0.25, 0.3) is 0 Å². The van der Waals surface area contributed by atoms with E-state index in [1.165, 1.54) is 50.2 Å². The molecular weight excluding hydrogens is 719 g/mol. The molecule has 9 rings (SSSR count). The van der Waals surface area contributed by atoms with Crippen molar-refractivity contribution in [2.45, 2.75) is 79.1 Å². The first kappa shape index (κ1) is 38.1. The molecule has 0 bridgehead atoms. The Hall–Kier alpha value is -6.46. The highest BCUT2D eigenvalue weighted by molar-refractivity contribution is 6.10. The Morgan fingerprint density at radius 1 is 0.407 bits per heavy atom. The van der Waals surface area contributed by atoms with Gasteiger partial charge in [-0.15, -0.1) is 5.10 Å². The van der Waals surface area contributed by atoms with Crippen LogP contribution >= 0.6 is 0 Å². The first-order valence-corrected chi connectivity index (χ1v) is 21.2. The number of hydrogen-bond acceptors (Lipinski definition) is 2. The summed E-state index contributed by atoms with van der Waals surface area (Å²) in [5, 5.41) is 8.27. The van der Waals surface area contributed by atoms with Crippen LogP contribution < -0.4 is 5.62 Å². The van der Waals surface area contributed by atoms with Crippen molar-refractivity contribution in [3.8, 4) is 33.6 Å². The first-order valence-electron chi connectivity index (χ1n) is 21.2. The zero-order valence-corrected chi connectivity index (χ0v) is 35.5. The SMILES string of the molecule is CC(C)c1cccc(C(C)C)c1-n1c(=Nn2c3ccc(-c4ccccc4)cc3c3cc(-c4ccccc4)ccc32)n(-c2c(C(C)C)cccc2C(C)C)c2ncccc21. The Morgan fingerprint density at radius 3 is 1.29 bits per heavy atom. The molecule has 0 saturated heterocycles. The topological polar surface area (TPSA) is 40.0 Å². The Morgan fingerprint density at radius 2 is 0.847 bits per heavy atom. The maximum Gasteiger partial charge on any atom is 0.239 e. The monoisotopic (exact) mass is 771 g/mol. The molecule has 5 nitrogen and oxygen atoms in total. The van der Waals surface area contributed by atoms with E-state index in [1.807, 2.05) is 6.20 Å². The van der Waals surface area contributed by atoms with Gasteiger partial charge in [-0.25, -0.2) is 9.66 Å². The number of aromatic nitrogens is 4. The number of para-hydroxylation sites is 2. The van der Waals surface area contributed by atoms with Crippen LogP contribution in [0.4, 0.5) is 0 Å². The molecule has 0 saturated carbocycles. The van der Waals surface area contributed by atoms with Crippen molar-refractivity contribution in [1.82, 2.24) is 18.8 Å². The van der Waals surface area contributed by atoms with E-state index in [0.29, 0.717) is 0 Å². The molecule has 0 aliphatic rings. The van der Waals surface area contributed by atoms with Gasteiger partial charge >= 0.3 is 0 Å². The van der Waals surface area contributed by atoms with Crippen LogP contribution in [-0.4, -0.2) is 18.8 Å². The van der Waals surface area contributed by atoms with E-state index in [-0.39, 0.29) is 23.7 Å². The van der Waals surface area contributed by atoms with Gasteiger partial charge in [0, 0.05) is 17.0 Å². The molecule has 294 valence electrons. The fourth-order valence-electron chi connectivity index (χ4n) is 8.91. The lowest BCUT2D eigenvalue weighted by molar-refractivity contribution is 0.737. The quantitative estimate of drug-likeness (QED) is 0.144. The summed E-state index contributed by atoms with van der Waals surface area (Å²) in [5.41, 5.74) is 17.0. The predicted octanol–water partition coefficient (Wildman–Crippen LogP) is 14.1. The van der Waals surface area contributed by atoms with Crippen LogP contribution in [0.3, 0.4) is 0 Å². The van der Waals surface area contributed by atoms with E-state index in [0.717, 1.165) is 44.3 Å². The van der Waals surface area contributed by atoms with Crippen LogP contribution in [0.25, 0.3) is 66.6 Å². The Bertz CT molecular complexity index is 2790. The van der Waals surface area contributed by atoms with Crippen molar-refractivity contribution in [2.24, 2.45) is 5.10 Å². The molecule has 59 heavy (non-hydrogen) atoms. The summed E-state index contributed by atoms with van der Waals surface area (Å²) in [5.74, 6) is 1.08. The molecule has 0 unspecified atom stereocenters. The van der Waals surface area contributed by atoms with Gasteiger partial charge in [-0.05, 0) is 105 Å². The lowest BCUT2D eigenvalue weighted by atomic mass is 9.92. The van der Waals surface area contributed by atoms with Gasteiger partial charge in [-0.1, -0.05) is 165 Å². The zero-order chi connectivity index (χ0) is 40.9. The van der Waals surface area contributed by atoms with Crippen molar-refractivity contribution in [2.75, 3.05) is 0 Å². The maximum absolute atomic E-state index is 5.96. The molecule has 3 aromatic heterocycles. The lowest BCUT2D eigenvalue weighted by Gasteiger charge is -2.22. The standard InChI is InChI=1S/C54H53N5/c1-34(2)42-22-15-23-43(35(3)4)51(42)57-50-26-17-31-55-53(50)58(52-44(36(5)6)24-16-25-45(52)37(7)8)54(57)56-59-48-29-27-40(38-18-11-9-12-19-38)32-46(48)47-33-41(28-30-49(47)59)39-20-13-10-14-21-39/h9-37H,1-8H3. The molecule has 5 heteroatoms. The van der Waals surface area contributed by atoms with Crippen LogP contribution in [-0.2, 0) is 0 Å². The largest absolute Gasteiger partial charge is 0.275 e. The first-order chi connectivity index (χ1) is 28.6. The molecule has 0 atom stereocenters. The molecule has 0 amide bonds. The molecule has 9 aromatic rings. The minimum atomic E-state index is 0.265. The Kier molecular flexibility index (Phi) is 9.92. The average molecular weight is 772 g/mol. The highest BCUT2D eigenvalue weighted by Crippen LogP contribution is 2.38. The van der Waals surface area contributed by atoms with Crippen LogP contribution in [0, 0.1) is 0 Å². The summed E-state index contributed by atoms with van der Waals surface area (Å²) in [6.45, 7) is 18.3. The van der Waals surface area contributed by atoms with E-state index in [2.05, 4.69) is 215 Å². The van der Waals surface area contributed by atoms with Gasteiger partial charge < -0.3 is 0 Å². The maximum atomic E-state index is 5.96. The van der Waals surface area contributed by atoms with Gasteiger partial charge in [0.1, 0.15) is 0 Å². The third-order valence-electron chi connectivity index (χ3n) is 11.9. The van der Waals surface area contributed by atoms with Gasteiger partial charge in [0.05, 0.1) is 27.9 Å². The Balaban J connectivity index is 1.50.